The molecule has 25 heavy (non-hydrogen) atoms. The highest BCUT2D eigenvalue weighted by Gasteiger charge is 2.28. The van der Waals surface area contributed by atoms with Crippen LogP contribution in [0.25, 0.3) is 0 Å². The second-order valence-corrected chi connectivity index (χ2v) is 7.35. The minimum Gasteiger partial charge on any atom is -0.496 e. The number of nitrogens with zero attached hydrogens (tertiary/aromatic N) is 1. The van der Waals surface area contributed by atoms with Crippen LogP contribution in [0.4, 0.5) is 0 Å². The second kappa shape index (κ2) is 7.81. The molecule has 0 radical (unpaired) electrons. The zero-order valence-electron chi connectivity index (χ0n) is 13.9. The number of aliphatic carboxylic acids is 1. The Hall–Kier alpha value is -2.17. The molecule has 1 saturated heterocycles. The van der Waals surface area contributed by atoms with Gasteiger partial charge in [-0.15, -0.1) is 0 Å². The van der Waals surface area contributed by atoms with Crippen LogP contribution in [0.2, 0.25) is 0 Å². The van der Waals surface area contributed by atoms with Gasteiger partial charge in [-0.2, -0.15) is 4.31 Å². The highest BCUT2D eigenvalue weighted by Crippen LogP contribution is 2.25. The molecule has 2 rings (SSSR count). The van der Waals surface area contributed by atoms with E-state index < -0.39 is 27.9 Å². The lowest BCUT2D eigenvalue weighted by Crippen LogP contribution is -2.41. The molecular formula is C15H20N2O7S. The van der Waals surface area contributed by atoms with Crippen molar-refractivity contribution in [1.29, 1.82) is 0 Å². The van der Waals surface area contributed by atoms with Gasteiger partial charge in [0.2, 0.25) is 10.0 Å². The fourth-order valence-electron chi connectivity index (χ4n) is 2.30. The summed E-state index contributed by atoms with van der Waals surface area (Å²) in [5, 5.41) is 11.2. The van der Waals surface area contributed by atoms with Crippen molar-refractivity contribution in [3.05, 3.63) is 23.8 Å². The number of hydrogen-bond acceptors (Lipinski definition) is 6. The van der Waals surface area contributed by atoms with Gasteiger partial charge in [0, 0.05) is 13.1 Å². The molecule has 1 fully saturated rings. The van der Waals surface area contributed by atoms with Crippen molar-refractivity contribution in [1.82, 2.24) is 9.62 Å². The van der Waals surface area contributed by atoms with E-state index in [1.165, 1.54) is 36.5 Å². The summed E-state index contributed by atoms with van der Waals surface area (Å²) in [6, 6.07) is 2.78. The first-order valence-electron chi connectivity index (χ1n) is 7.57. The number of morpholine rings is 1. The van der Waals surface area contributed by atoms with Gasteiger partial charge in [-0.05, 0) is 25.1 Å². The van der Waals surface area contributed by atoms with Crippen LogP contribution in [0.5, 0.6) is 5.75 Å². The molecule has 0 bridgehead atoms. The molecule has 0 aromatic heterocycles. The first kappa shape index (κ1) is 19.2. The van der Waals surface area contributed by atoms with Crippen LogP contribution in [0.3, 0.4) is 0 Å². The first-order chi connectivity index (χ1) is 11.8. The number of sulfonamides is 1. The lowest BCUT2D eigenvalue weighted by Gasteiger charge is -2.26. The normalized spacial score (nSPS) is 16.9. The molecule has 138 valence electrons. The number of carboxylic acids is 1. The number of hydrogen-bond donors (Lipinski definition) is 2. The van der Waals surface area contributed by atoms with Gasteiger partial charge >= 0.3 is 5.97 Å². The molecule has 1 aromatic carbocycles. The maximum Gasteiger partial charge on any atom is 0.325 e. The van der Waals surface area contributed by atoms with Gasteiger partial charge in [-0.3, -0.25) is 9.59 Å². The summed E-state index contributed by atoms with van der Waals surface area (Å²) in [5.41, 5.74) is -0.0510. The summed E-state index contributed by atoms with van der Waals surface area (Å²) >= 11 is 0. The Morgan fingerprint density at radius 2 is 1.96 bits per heavy atom. The van der Waals surface area contributed by atoms with E-state index in [4.69, 9.17) is 14.6 Å². The van der Waals surface area contributed by atoms with Crippen LogP contribution in [0.15, 0.2) is 23.1 Å². The third-order valence-corrected chi connectivity index (χ3v) is 5.64. The maximum absolute atomic E-state index is 12.7. The lowest BCUT2D eigenvalue weighted by molar-refractivity contribution is -0.138. The monoisotopic (exact) mass is 372 g/mol. The fourth-order valence-corrected chi connectivity index (χ4v) is 3.73. The third-order valence-electron chi connectivity index (χ3n) is 3.74. The molecule has 0 unspecified atom stereocenters. The van der Waals surface area contributed by atoms with E-state index in [1.54, 1.807) is 0 Å². The molecule has 1 aliphatic heterocycles. The predicted octanol–water partition coefficient (Wildman–Crippen LogP) is -0.0810. The standard InChI is InChI=1S/C15H20N2O7S/c1-10(15(19)20)16-14(18)12-9-11(3-4-13(12)23-2)25(21,22)17-5-7-24-8-6-17/h3-4,9-10H,5-8H2,1-2H3,(H,16,18)(H,19,20)/t10-/m1/s1. The summed E-state index contributed by atoms with van der Waals surface area (Å²) in [5.74, 6) is -1.79. The van der Waals surface area contributed by atoms with Crippen molar-refractivity contribution in [3.63, 3.8) is 0 Å². The van der Waals surface area contributed by atoms with Crippen LogP contribution in [0.1, 0.15) is 17.3 Å². The number of amides is 1. The summed E-state index contributed by atoms with van der Waals surface area (Å²) in [4.78, 5) is 23.1. The third kappa shape index (κ3) is 4.27. The van der Waals surface area contributed by atoms with Crippen LogP contribution in [0, 0.1) is 0 Å². The van der Waals surface area contributed by atoms with Crippen molar-refractivity contribution in [2.75, 3.05) is 33.4 Å². The van der Waals surface area contributed by atoms with Crippen molar-refractivity contribution in [3.8, 4) is 5.75 Å². The molecule has 0 spiro atoms. The van der Waals surface area contributed by atoms with Gasteiger partial charge in [0.05, 0.1) is 30.8 Å². The van der Waals surface area contributed by atoms with Crippen molar-refractivity contribution >= 4 is 21.9 Å². The van der Waals surface area contributed by atoms with Crippen molar-refractivity contribution in [2.24, 2.45) is 0 Å². The summed E-state index contributed by atoms with van der Waals surface area (Å²) in [6.07, 6.45) is 0. The topological polar surface area (TPSA) is 122 Å². The molecule has 1 aromatic rings. The number of carboxylic acid groups (broad SMARTS) is 1. The van der Waals surface area contributed by atoms with Gasteiger partial charge in [0.1, 0.15) is 11.8 Å². The Kier molecular flexibility index (Phi) is 5.98. The number of rotatable bonds is 6. The maximum atomic E-state index is 12.7. The minimum atomic E-state index is -3.79. The first-order valence-corrected chi connectivity index (χ1v) is 9.01. The Morgan fingerprint density at radius 1 is 1.32 bits per heavy atom. The number of methoxy groups -OCH3 is 1. The smallest absolute Gasteiger partial charge is 0.325 e. The molecule has 1 heterocycles. The van der Waals surface area contributed by atoms with Crippen molar-refractivity contribution < 1.29 is 32.6 Å². The van der Waals surface area contributed by atoms with Gasteiger partial charge in [-0.1, -0.05) is 0 Å². The van der Waals surface area contributed by atoms with E-state index in [2.05, 4.69) is 5.32 Å². The predicted molar refractivity (Wildman–Crippen MR) is 87.1 cm³/mol. The number of benzene rings is 1. The van der Waals surface area contributed by atoms with Gasteiger partial charge < -0.3 is 19.9 Å². The average molecular weight is 372 g/mol. The average Bonchev–Trinajstić information content (AvgIpc) is 2.61. The van der Waals surface area contributed by atoms with Crippen LogP contribution in [-0.4, -0.2) is 69.2 Å². The molecule has 0 aliphatic carbocycles. The molecule has 0 saturated carbocycles. The second-order valence-electron chi connectivity index (χ2n) is 5.41. The van der Waals surface area contributed by atoms with E-state index in [9.17, 15) is 18.0 Å². The van der Waals surface area contributed by atoms with E-state index in [-0.39, 0.29) is 29.3 Å². The molecule has 1 aliphatic rings. The zero-order valence-corrected chi connectivity index (χ0v) is 14.7. The van der Waals surface area contributed by atoms with E-state index in [1.807, 2.05) is 0 Å². The molecule has 10 heteroatoms. The Labute approximate surface area is 145 Å². The molecular weight excluding hydrogens is 352 g/mol. The number of carbonyl (C=O) groups is 2. The van der Waals surface area contributed by atoms with Crippen molar-refractivity contribution in [2.45, 2.75) is 17.9 Å². The Morgan fingerprint density at radius 3 is 2.52 bits per heavy atom. The quantitative estimate of drug-likeness (QED) is 0.716. The minimum absolute atomic E-state index is 0.0510. The lowest BCUT2D eigenvalue weighted by atomic mass is 10.1. The van der Waals surface area contributed by atoms with E-state index in [0.29, 0.717) is 13.2 Å². The molecule has 1 amide bonds. The summed E-state index contributed by atoms with van der Waals surface area (Å²) < 4.78 is 36.9. The fraction of sp³-hybridized carbons (Fsp3) is 0.467. The summed E-state index contributed by atoms with van der Waals surface area (Å²) in [6.45, 7) is 2.37. The zero-order chi connectivity index (χ0) is 18.6. The number of nitrogens with one attached hydrogen (secondary N) is 1. The molecule has 1 atom stereocenters. The highest BCUT2D eigenvalue weighted by molar-refractivity contribution is 7.89. The van der Waals surface area contributed by atoms with E-state index in [0.717, 1.165) is 0 Å². The van der Waals surface area contributed by atoms with Gasteiger partial charge in [0.25, 0.3) is 5.91 Å². The largest absolute Gasteiger partial charge is 0.496 e. The SMILES string of the molecule is COc1ccc(S(=O)(=O)N2CCOCC2)cc1C(=O)N[C@H](C)C(=O)O. The number of ether oxygens (including phenoxy) is 2. The van der Waals surface area contributed by atoms with Gasteiger partial charge in [0.15, 0.2) is 0 Å². The number of carbonyl (C=O) groups excluding carboxylic acids is 1. The van der Waals surface area contributed by atoms with Gasteiger partial charge in [-0.25, -0.2) is 8.42 Å². The molecule has 9 nitrogen and oxygen atoms in total. The van der Waals surface area contributed by atoms with E-state index >= 15 is 0 Å². The van der Waals surface area contributed by atoms with Crippen LogP contribution < -0.4 is 10.1 Å². The van der Waals surface area contributed by atoms with Crippen LogP contribution in [-0.2, 0) is 19.6 Å². The Balaban J connectivity index is 2.36. The van der Waals surface area contributed by atoms with Crippen LogP contribution >= 0.6 is 0 Å². The Bertz CT molecular complexity index is 757. The summed E-state index contributed by atoms with van der Waals surface area (Å²) in [7, 11) is -2.45. The highest BCUT2D eigenvalue weighted by atomic mass is 32.2. The molecule has 2 N–H and O–H groups in total.